The van der Waals surface area contributed by atoms with Crippen molar-refractivity contribution in [3.63, 3.8) is 0 Å². The number of hydrogen-bond acceptors (Lipinski definition) is 7. The largest absolute Gasteiger partial charge is 0.497 e. The normalized spacial score (nSPS) is 26.8. The molecule has 2 saturated carbocycles. The van der Waals surface area contributed by atoms with Crippen molar-refractivity contribution in [2.24, 2.45) is 17.1 Å². The van der Waals surface area contributed by atoms with Gasteiger partial charge in [-0.15, -0.1) is 0 Å². The fraction of sp³-hybridized carbons (Fsp3) is 0.714. The number of rotatable bonds is 9. The Bertz CT molecular complexity index is 888. The van der Waals surface area contributed by atoms with Gasteiger partial charge in [0.15, 0.2) is 0 Å². The highest BCUT2D eigenvalue weighted by molar-refractivity contribution is 5.92. The van der Waals surface area contributed by atoms with Gasteiger partial charge in [0.2, 0.25) is 5.91 Å². The summed E-state index contributed by atoms with van der Waals surface area (Å²) in [5, 5.41) is 14.5. The molecule has 36 heavy (non-hydrogen) atoms. The Kier molecular flexibility index (Phi) is 9.78. The Morgan fingerprint density at radius 3 is 2.61 bits per heavy atom. The number of carbonyl (C=O) groups is 2. The maximum atomic E-state index is 12.7. The van der Waals surface area contributed by atoms with Crippen molar-refractivity contribution in [1.82, 2.24) is 10.2 Å². The minimum atomic E-state index is -1.21. The van der Waals surface area contributed by atoms with Gasteiger partial charge in [0.1, 0.15) is 11.9 Å². The lowest BCUT2D eigenvalue weighted by Gasteiger charge is -2.47. The van der Waals surface area contributed by atoms with Crippen LogP contribution in [0.1, 0.15) is 77.2 Å². The van der Waals surface area contributed by atoms with Gasteiger partial charge in [0.25, 0.3) is 0 Å². The zero-order valence-electron chi connectivity index (χ0n) is 22.4. The van der Waals surface area contributed by atoms with Crippen molar-refractivity contribution in [1.29, 1.82) is 0 Å². The lowest BCUT2D eigenvalue weighted by molar-refractivity contribution is -0.125. The topological polar surface area (TPSA) is 114 Å². The van der Waals surface area contributed by atoms with Crippen molar-refractivity contribution in [3.05, 3.63) is 29.8 Å². The molecule has 0 heterocycles. The maximum Gasteiger partial charge on any atom is 0.414 e. The molecule has 2 aliphatic carbocycles. The van der Waals surface area contributed by atoms with Crippen LogP contribution >= 0.6 is 0 Å². The number of alkyl carbamates (subject to hydrolysis) is 1. The number of methoxy groups -OCH3 is 1. The van der Waals surface area contributed by atoms with Crippen LogP contribution in [0.3, 0.4) is 0 Å². The summed E-state index contributed by atoms with van der Waals surface area (Å²) in [6.07, 6.45) is 5.63. The predicted octanol–water partition coefficient (Wildman–Crippen LogP) is 3.94. The van der Waals surface area contributed by atoms with Crippen LogP contribution in [0.25, 0.3) is 0 Å². The highest BCUT2D eigenvalue weighted by Gasteiger charge is 2.48. The van der Waals surface area contributed by atoms with Gasteiger partial charge in [-0.25, -0.2) is 4.79 Å². The molecule has 0 aromatic heterocycles. The molecule has 4 unspecified atom stereocenters. The summed E-state index contributed by atoms with van der Waals surface area (Å²) in [6.45, 7) is 5.53. The lowest BCUT2D eigenvalue weighted by atomic mass is 9.67. The Labute approximate surface area is 215 Å². The second-order valence-electron chi connectivity index (χ2n) is 10.9. The minimum absolute atomic E-state index is 0.0604. The molecular formula is C28H45N3O5. The maximum absolute atomic E-state index is 12.7. The molecule has 2 amide bonds. The Morgan fingerprint density at radius 1 is 1.25 bits per heavy atom. The fourth-order valence-electron chi connectivity index (χ4n) is 6.20. The molecule has 1 aromatic carbocycles. The number of imide groups is 1. The van der Waals surface area contributed by atoms with E-state index in [2.05, 4.69) is 31.1 Å². The van der Waals surface area contributed by atoms with Crippen molar-refractivity contribution < 1.29 is 24.2 Å². The van der Waals surface area contributed by atoms with Gasteiger partial charge < -0.3 is 25.2 Å². The van der Waals surface area contributed by atoms with Gasteiger partial charge in [-0.05, 0) is 75.9 Å². The average Bonchev–Trinajstić information content (AvgIpc) is 2.88. The number of aliphatic hydroxyl groups is 1. The minimum Gasteiger partial charge on any atom is -0.497 e. The molecule has 3 rings (SSSR count). The second kappa shape index (κ2) is 12.4. The zero-order valence-corrected chi connectivity index (χ0v) is 22.4. The van der Waals surface area contributed by atoms with Gasteiger partial charge in [-0.3, -0.25) is 10.1 Å². The van der Waals surface area contributed by atoms with E-state index in [1.165, 1.54) is 0 Å². The van der Waals surface area contributed by atoms with Crippen LogP contribution < -0.4 is 15.8 Å². The second-order valence-corrected chi connectivity index (χ2v) is 10.9. The summed E-state index contributed by atoms with van der Waals surface area (Å²) in [5.74, 6) is 0.260. The van der Waals surface area contributed by atoms with Gasteiger partial charge >= 0.3 is 6.09 Å². The predicted molar refractivity (Wildman–Crippen MR) is 140 cm³/mol. The number of hydrogen-bond donors (Lipinski definition) is 3. The third kappa shape index (κ3) is 6.58. The third-order valence-corrected chi connectivity index (χ3v) is 8.70. The van der Waals surface area contributed by atoms with Crippen LogP contribution in [0.5, 0.6) is 5.75 Å². The van der Waals surface area contributed by atoms with Crippen LogP contribution in [-0.2, 0) is 15.1 Å². The standard InChI is InChI=1S/C28H45N3O5/c1-5-31(3)20(2)24-13-12-23(17-28(24,34)21-10-9-11-22(16-21)35-4)36-26(33)30-25(32)18-27(19-29)14-7-6-8-15-27/h9-11,16,20,23-24,34H,5-8,12-15,17-19,29H2,1-4H3,(H,30,32,33). The van der Waals surface area contributed by atoms with Crippen LogP contribution in [-0.4, -0.2) is 61.4 Å². The molecule has 4 atom stereocenters. The SMILES string of the molecule is CCN(C)C(C)C1CCC(OC(=O)NC(=O)CC2(CN)CCCCC2)CC1(O)c1cccc(OC)c1. The molecule has 2 aliphatic rings. The van der Waals surface area contributed by atoms with Crippen molar-refractivity contribution in [2.75, 3.05) is 27.2 Å². The smallest absolute Gasteiger partial charge is 0.414 e. The number of nitrogens with two attached hydrogens (primary N) is 1. The molecular weight excluding hydrogens is 458 g/mol. The first kappa shape index (κ1) is 28.4. The van der Waals surface area contributed by atoms with Crippen LogP contribution in [0.2, 0.25) is 0 Å². The molecule has 8 heteroatoms. The summed E-state index contributed by atoms with van der Waals surface area (Å²) in [7, 11) is 3.66. The van der Waals surface area contributed by atoms with Crippen LogP contribution in [0.15, 0.2) is 24.3 Å². The third-order valence-electron chi connectivity index (χ3n) is 8.70. The molecule has 1 aromatic rings. The highest BCUT2D eigenvalue weighted by Crippen LogP contribution is 2.46. The molecule has 2 fully saturated rings. The first-order chi connectivity index (χ1) is 17.2. The van der Waals surface area contributed by atoms with Gasteiger partial charge in [-0.1, -0.05) is 38.3 Å². The lowest BCUT2D eigenvalue weighted by Crippen LogP contribution is -2.52. The molecule has 4 N–H and O–H groups in total. The highest BCUT2D eigenvalue weighted by atomic mass is 16.6. The summed E-state index contributed by atoms with van der Waals surface area (Å²) in [4.78, 5) is 27.6. The number of ether oxygens (including phenoxy) is 2. The van der Waals surface area contributed by atoms with Gasteiger partial charge in [-0.2, -0.15) is 0 Å². The number of nitrogens with one attached hydrogen (secondary N) is 1. The summed E-state index contributed by atoms with van der Waals surface area (Å²) in [5.41, 5.74) is 5.31. The molecule has 0 aliphatic heterocycles. The Balaban J connectivity index is 1.70. The van der Waals surface area contributed by atoms with Crippen molar-refractivity contribution in [2.45, 2.75) is 89.4 Å². The molecule has 0 bridgehead atoms. The van der Waals surface area contributed by atoms with E-state index in [-0.39, 0.29) is 36.1 Å². The number of benzene rings is 1. The van der Waals surface area contributed by atoms with E-state index in [1.54, 1.807) is 7.11 Å². The van der Waals surface area contributed by atoms with E-state index in [9.17, 15) is 14.7 Å². The van der Waals surface area contributed by atoms with Crippen LogP contribution in [0, 0.1) is 11.3 Å². The van der Waals surface area contributed by atoms with E-state index in [4.69, 9.17) is 15.2 Å². The summed E-state index contributed by atoms with van der Waals surface area (Å²) < 4.78 is 11.1. The average molecular weight is 504 g/mol. The fourth-order valence-corrected chi connectivity index (χ4v) is 6.20. The molecule has 8 nitrogen and oxygen atoms in total. The summed E-state index contributed by atoms with van der Waals surface area (Å²) >= 11 is 0. The van der Waals surface area contributed by atoms with Crippen molar-refractivity contribution >= 4 is 12.0 Å². The van der Waals surface area contributed by atoms with Crippen LogP contribution in [0.4, 0.5) is 4.79 Å². The first-order valence-electron chi connectivity index (χ1n) is 13.4. The first-order valence-corrected chi connectivity index (χ1v) is 13.4. The number of carbonyl (C=O) groups excluding carboxylic acids is 2. The van der Waals surface area contributed by atoms with E-state index in [0.717, 1.165) is 44.2 Å². The van der Waals surface area contributed by atoms with Gasteiger partial charge in [0.05, 0.1) is 12.7 Å². The summed E-state index contributed by atoms with van der Waals surface area (Å²) in [6, 6.07) is 7.58. The quantitative estimate of drug-likeness (QED) is 0.468. The van der Waals surface area contributed by atoms with E-state index >= 15 is 0 Å². The van der Waals surface area contributed by atoms with Gasteiger partial charge in [0, 0.05) is 24.8 Å². The van der Waals surface area contributed by atoms with Crippen molar-refractivity contribution in [3.8, 4) is 5.75 Å². The van der Waals surface area contributed by atoms with E-state index in [1.807, 2.05) is 24.3 Å². The molecule has 0 radical (unpaired) electrons. The zero-order chi connectivity index (χ0) is 26.3. The monoisotopic (exact) mass is 503 g/mol. The Morgan fingerprint density at radius 2 is 1.97 bits per heavy atom. The molecule has 0 spiro atoms. The number of amides is 2. The van der Waals surface area contributed by atoms with E-state index < -0.39 is 17.8 Å². The Hall–Kier alpha value is -2.16. The van der Waals surface area contributed by atoms with E-state index in [0.29, 0.717) is 25.1 Å². The molecule has 0 saturated heterocycles. The molecule has 202 valence electrons. The number of nitrogens with zero attached hydrogens (tertiary/aromatic N) is 1.